The molecular weight excluding hydrogens is 333 g/mol. The molecule has 2 aromatic rings. The lowest BCUT2D eigenvalue weighted by molar-refractivity contribution is -0.147. The number of benzene rings is 1. The molecule has 0 spiro atoms. The predicted octanol–water partition coefficient (Wildman–Crippen LogP) is 2.79. The van der Waals surface area contributed by atoms with Gasteiger partial charge in [-0.3, -0.25) is 4.79 Å². The lowest BCUT2D eigenvalue weighted by atomic mass is 10.1. The van der Waals surface area contributed by atoms with Crippen LogP contribution in [0.2, 0.25) is 0 Å². The van der Waals surface area contributed by atoms with Gasteiger partial charge in [-0.2, -0.15) is 0 Å². The topological polar surface area (TPSA) is 66.8 Å². The van der Waals surface area contributed by atoms with Crippen molar-refractivity contribution in [2.75, 3.05) is 19.8 Å². The Balaban J connectivity index is 1.89. The number of carbonyl (C=O) groups is 2. The van der Waals surface area contributed by atoms with E-state index in [1.165, 1.54) is 28.4 Å². The minimum Gasteiger partial charge on any atom is -0.480 e. The standard InChI is InChI=1S/C17H16FNO4S/c1-10-13(11-2-4-12(18)5-3-11)8-15(24-10)16(20)19-6-7-23-9-14(19)17(21)22/h2-5,8,14H,6-7,9H2,1H3,(H,21,22). The highest BCUT2D eigenvalue weighted by Gasteiger charge is 2.34. The van der Waals surface area contributed by atoms with Crippen LogP contribution >= 0.6 is 11.3 Å². The summed E-state index contributed by atoms with van der Waals surface area (Å²) in [6, 6.07) is 6.83. The highest BCUT2D eigenvalue weighted by Crippen LogP contribution is 2.32. The van der Waals surface area contributed by atoms with Crippen LogP contribution in [0.3, 0.4) is 0 Å². The summed E-state index contributed by atoms with van der Waals surface area (Å²) < 4.78 is 18.2. The van der Waals surface area contributed by atoms with Gasteiger partial charge in [-0.1, -0.05) is 12.1 Å². The van der Waals surface area contributed by atoms with Gasteiger partial charge in [0.25, 0.3) is 5.91 Å². The molecule has 1 saturated heterocycles. The molecule has 1 atom stereocenters. The van der Waals surface area contributed by atoms with E-state index in [9.17, 15) is 19.1 Å². The van der Waals surface area contributed by atoms with E-state index in [0.717, 1.165) is 16.0 Å². The lowest BCUT2D eigenvalue weighted by Gasteiger charge is -2.32. The van der Waals surface area contributed by atoms with Crippen molar-refractivity contribution in [3.8, 4) is 11.1 Å². The Labute approximate surface area is 142 Å². The first-order valence-corrected chi connectivity index (χ1v) is 8.27. The molecule has 0 aliphatic carbocycles. The van der Waals surface area contributed by atoms with Crippen LogP contribution in [-0.4, -0.2) is 47.7 Å². The first kappa shape index (κ1) is 16.6. The van der Waals surface area contributed by atoms with Crippen LogP contribution in [0.5, 0.6) is 0 Å². The predicted molar refractivity (Wildman–Crippen MR) is 87.7 cm³/mol. The molecule has 1 aliphatic rings. The van der Waals surface area contributed by atoms with E-state index in [4.69, 9.17) is 4.74 Å². The minimum absolute atomic E-state index is 0.00372. The Bertz CT molecular complexity index is 771. The third-order valence-corrected chi connectivity index (χ3v) is 5.00. The second-order valence-corrected chi connectivity index (χ2v) is 6.77. The Morgan fingerprint density at radius 1 is 1.33 bits per heavy atom. The van der Waals surface area contributed by atoms with Gasteiger partial charge in [-0.25, -0.2) is 9.18 Å². The maximum absolute atomic E-state index is 13.1. The van der Waals surface area contributed by atoms with Crippen molar-refractivity contribution in [3.63, 3.8) is 0 Å². The summed E-state index contributed by atoms with van der Waals surface area (Å²) in [5, 5.41) is 9.26. The average Bonchev–Trinajstić information content (AvgIpc) is 2.96. The first-order chi connectivity index (χ1) is 11.5. The molecule has 1 unspecified atom stereocenters. The molecule has 3 rings (SSSR count). The number of halogens is 1. The largest absolute Gasteiger partial charge is 0.480 e. The second-order valence-electron chi connectivity index (χ2n) is 5.51. The van der Waals surface area contributed by atoms with Gasteiger partial charge in [0.05, 0.1) is 18.1 Å². The zero-order valence-corrected chi connectivity index (χ0v) is 13.8. The highest BCUT2D eigenvalue weighted by molar-refractivity contribution is 7.14. The van der Waals surface area contributed by atoms with E-state index in [1.807, 2.05) is 6.92 Å². The van der Waals surface area contributed by atoms with Crippen LogP contribution in [0.4, 0.5) is 4.39 Å². The molecule has 1 aromatic carbocycles. The van der Waals surface area contributed by atoms with E-state index in [0.29, 0.717) is 11.5 Å². The Morgan fingerprint density at radius 3 is 2.71 bits per heavy atom. The van der Waals surface area contributed by atoms with E-state index >= 15 is 0 Å². The van der Waals surface area contributed by atoms with Crippen LogP contribution in [0.25, 0.3) is 11.1 Å². The second kappa shape index (κ2) is 6.70. The van der Waals surface area contributed by atoms with E-state index in [1.54, 1.807) is 18.2 Å². The number of nitrogens with zero attached hydrogens (tertiary/aromatic N) is 1. The summed E-state index contributed by atoms with van der Waals surface area (Å²) >= 11 is 1.31. The third-order valence-electron chi connectivity index (χ3n) is 3.96. The van der Waals surface area contributed by atoms with Gasteiger partial charge in [-0.15, -0.1) is 11.3 Å². The average molecular weight is 349 g/mol. The fourth-order valence-electron chi connectivity index (χ4n) is 2.70. The molecule has 1 aromatic heterocycles. The van der Waals surface area contributed by atoms with Gasteiger partial charge >= 0.3 is 5.97 Å². The molecule has 5 nitrogen and oxygen atoms in total. The molecule has 24 heavy (non-hydrogen) atoms. The number of amides is 1. The Kier molecular flexibility index (Phi) is 4.64. The zero-order valence-electron chi connectivity index (χ0n) is 13.0. The summed E-state index contributed by atoms with van der Waals surface area (Å²) in [7, 11) is 0. The zero-order chi connectivity index (χ0) is 17.3. The lowest BCUT2D eigenvalue weighted by Crippen LogP contribution is -2.52. The number of hydrogen-bond donors (Lipinski definition) is 1. The van der Waals surface area contributed by atoms with Crippen LogP contribution in [0.15, 0.2) is 30.3 Å². The number of carboxylic acid groups (broad SMARTS) is 1. The molecular formula is C17H16FNO4S. The summed E-state index contributed by atoms with van der Waals surface area (Å²) in [6.45, 7) is 2.45. The van der Waals surface area contributed by atoms with Gasteiger partial charge in [-0.05, 0) is 36.2 Å². The number of hydrogen-bond acceptors (Lipinski definition) is 4. The van der Waals surface area contributed by atoms with E-state index in [2.05, 4.69) is 0 Å². The monoisotopic (exact) mass is 349 g/mol. The summed E-state index contributed by atoms with van der Waals surface area (Å²) in [4.78, 5) is 26.8. The summed E-state index contributed by atoms with van der Waals surface area (Å²) in [6.07, 6.45) is 0. The minimum atomic E-state index is -1.07. The number of carbonyl (C=O) groups excluding carboxylic acids is 1. The van der Waals surface area contributed by atoms with Gasteiger partial charge in [0, 0.05) is 11.4 Å². The van der Waals surface area contributed by atoms with E-state index < -0.39 is 12.0 Å². The number of ether oxygens (including phenoxy) is 1. The maximum atomic E-state index is 13.1. The number of thiophene rings is 1. The van der Waals surface area contributed by atoms with Crippen molar-refractivity contribution in [1.82, 2.24) is 4.90 Å². The fourth-order valence-corrected chi connectivity index (χ4v) is 3.69. The van der Waals surface area contributed by atoms with Crippen molar-refractivity contribution in [2.24, 2.45) is 0 Å². The molecule has 126 valence electrons. The summed E-state index contributed by atoms with van der Waals surface area (Å²) in [5.41, 5.74) is 1.67. The van der Waals surface area contributed by atoms with Crippen LogP contribution in [0, 0.1) is 12.7 Å². The van der Waals surface area contributed by atoms with Crippen LogP contribution in [-0.2, 0) is 9.53 Å². The number of morpholine rings is 1. The summed E-state index contributed by atoms with van der Waals surface area (Å²) in [5.74, 6) is -1.71. The number of aryl methyl sites for hydroxylation is 1. The number of carboxylic acids is 1. The molecule has 1 fully saturated rings. The van der Waals surface area contributed by atoms with Gasteiger partial charge in [0.2, 0.25) is 0 Å². The van der Waals surface area contributed by atoms with Gasteiger partial charge in [0.1, 0.15) is 5.82 Å². The van der Waals surface area contributed by atoms with Crippen molar-refractivity contribution < 1.29 is 23.8 Å². The Morgan fingerprint density at radius 2 is 2.04 bits per heavy atom. The molecule has 2 heterocycles. The van der Waals surface area contributed by atoms with Crippen LogP contribution in [0.1, 0.15) is 14.5 Å². The van der Waals surface area contributed by atoms with Gasteiger partial charge < -0.3 is 14.7 Å². The smallest absolute Gasteiger partial charge is 0.328 e. The number of rotatable bonds is 3. The highest BCUT2D eigenvalue weighted by atomic mass is 32.1. The third kappa shape index (κ3) is 3.18. The molecule has 1 amide bonds. The van der Waals surface area contributed by atoms with E-state index in [-0.39, 0.29) is 24.9 Å². The fraction of sp³-hybridized carbons (Fsp3) is 0.294. The van der Waals surface area contributed by atoms with Crippen molar-refractivity contribution in [3.05, 3.63) is 45.9 Å². The SMILES string of the molecule is Cc1sc(C(=O)N2CCOCC2C(=O)O)cc1-c1ccc(F)cc1. The molecule has 7 heteroatoms. The molecule has 0 bridgehead atoms. The molecule has 0 saturated carbocycles. The first-order valence-electron chi connectivity index (χ1n) is 7.45. The van der Waals surface area contributed by atoms with Crippen molar-refractivity contribution in [1.29, 1.82) is 0 Å². The van der Waals surface area contributed by atoms with Gasteiger partial charge in [0.15, 0.2) is 6.04 Å². The molecule has 1 aliphatic heterocycles. The molecule has 0 radical (unpaired) electrons. The Hall–Kier alpha value is -2.25. The number of aliphatic carboxylic acids is 1. The van der Waals surface area contributed by atoms with Crippen molar-refractivity contribution in [2.45, 2.75) is 13.0 Å². The molecule has 1 N–H and O–H groups in total. The van der Waals surface area contributed by atoms with Crippen molar-refractivity contribution >= 4 is 23.2 Å². The normalized spacial score (nSPS) is 17.8. The maximum Gasteiger partial charge on any atom is 0.328 e. The van der Waals surface area contributed by atoms with Crippen LogP contribution < -0.4 is 0 Å². The quantitative estimate of drug-likeness (QED) is 0.925.